The molecule has 3 aliphatic heterocycles. The van der Waals surface area contributed by atoms with Crippen LogP contribution in [0, 0.1) is 11.8 Å². The highest BCUT2D eigenvalue weighted by Gasteiger charge is 2.57. The molecule has 2 unspecified atom stereocenters. The Balaban J connectivity index is 1.12. The number of amides is 3. The van der Waals surface area contributed by atoms with Crippen LogP contribution in [0.4, 0.5) is 13.6 Å². The average Bonchev–Trinajstić information content (AvgIpc) is 3.65. The fourth-order valence-electron chi connectivity index (χ4n) is 7.84. The molecule has 38 heavy (non-hydrogen) atoms. The van der Waals surface area contributed by atoms with Crippen molar-refractivity contribution in [3.05, 3.63) is 35.9 Å². The van der Waals surface area contributed by atoms with Crippen LogP contribution in [0.15, 0.2) is 30.3 Å². The number of benzene rings is 1. The largest absolute Gasteiger partial charge is 0.349 e. The summed E-state index contributed by atoms with van der Waals surface area (Å²) in [6.45, 7) is 2.64. The molecule has 1 spiro atoms. The maximum absolute atomic E-state index is 13.7. The van der Waals surface area contributed by atoms with Crippen LogP contribution in [0.1, 0.15) is 82.2 Å². The van der Waals surface area contributed by atoms with Gasteiger partial charge in [0, 0.05) is 57.5 Å². The van der Waals surface area contributed by atoms with Crippen LogP contribution in [0.3, 0.4) is 0 Å². The fraction of sp³-hybridized carbons (Fsp3) is 0.733. The van der Waals surface area contributed by atoms with E-state index in [0.29, 0.717) is 18.0 Å². The highest BCUT2D eigenvalue weighted by molar-refractivity contribution is 5.79. The number of carbonyl (C=O) groups is 2. The first-order valence-corrected chi connectivity index (χ1v) is 14.7. The number of likely N-dealkylation sites (N-methyl/N-ethyl adjacent to an activating group) is 1. The molecule has 8 heteroatoms. The molecule has 208 valence electrons. The summed E-state index contributed by atoms with van der Waals surface area (Å²) in [5.74, 6) is -2.36. The van der Waals surface area contributed by atoms with E-state index in [9.17, 15) is 18.4 Å². The molecule has 3 atom stereocenters. The molecule has 6 rings (SSSR count). The summed E-state index contributed by atoms with van der Waals surface area (Å²) in [6, 6.07) is 11.1. The van der Waals surface area contributed by atoms with Crippen LogP contribution >= 0.6 is 0 Å². The molecule has 2 aliphatic carbocycles. The number of hydrogen-bond acceptors (Lipinski definition) is 3. The number of hydrogen-bond donors (Lipinski definition) is 1. The Kier molecular flexibility index (Phi) is 6.90. The van der Waals surface area contributed by atoms with Crippen molar-refractivity contribution in [2.45, 2.75) is 100 Å². The predicted molar refractivity (Wildman–Crippen MR) is 142 cm³/mol. The summed E-state index contributed by atoms with van der Waals surface area (Å²) < 4.78 is 27.3. The molecule has 3 saturated heterocycles. The molecule has 1 N–H and O–H groups in total. The first-order chi connectivity index (χ1) is 18.2. The van der Waals surface area contributed by atoms with Gasteiger partial charge in [0.1, 0.15) is 0 Å². The van der Waals surface area contributed by atoms with Crippen molar-refractivity contribution in [1.29, 1.82) is 0 Å². The maximum atomic E-state index is 13.7. The molecule has 5 fully saturated rings. The fourth-order valence-corrected chi connectivity index (χ4v) is 7.84. The van der Waals surface area contributed by atoms with Crippen LogP contribution in [0.25, 0.3) is 0 Å². The van der Waals surface area contributed by atoms with Gasteiger partial charge in [-0.05, 0) is 69.3 Å². The number of alkyl halides is 2. The SMILES string of the molecule is CN1CC2(CC3CCC(C2)N3CC[C@H](NC(=O)C2CCC(F)(F)CC2)c2ccccc2)N(CC2CC2)C1=O. The van der Waals surface area contributed by atoms with Gasteiger partial charge in [0.2, 0.25) is 11.8 Å². The minimum Gasteiger partial charge on any atom is -0.349 e. The number of fused-ring (bicyclic) bond motifs is 2. The van der Waals surface area contributed by atoms with Gasteiger partial charge in [0.15, 0.2) is 0 Å². The second-order valence-corrected chi connectivity index (χ2v) is 12.8. The average molecular weight is 529 g/mol. The van der Waals surface area contributed by atoms with E-state index in [-0.39, 0.29) is 55.1 Å². The Morgan fingerprint density at radius 2 is 1.68 bits per heavy atom. The normalized spacial score (nSPS) is 32.2. The van der Waals surface area contributed by atoms with Gasteiger partial charge in [-0.25, -0.2) is 13.6 Å². The van der Waals surface area contributed by atoms with E-state index < -0.39 is 5.92 Å². The highest BCUT2D eigenvalue weighted by Crippen LogP contribution is 2.48. The van der Waals surface area contributed by atoms with Gasteiger partial charge in [-0.2, -0.15) is 0 Å². The van der Waals surface area contributed by atoms with E-state index >= 15 is 0 Å². The second kappa shape index (κ2) is 10.1. The lowest BCUT2D eigenvalue weighted by Crippen LogP contribution is -2.59. The molecule has 2 bridgehead atoms. The molecule has 5 aliphatic rings. The van der Waals surface area contributed by atoms with Gasteiger partial charge in [0.25, 0.3) is 0 Å². The third kappa shape index (κ3) is 5.17. The molecule has 1 aromatic rings. The molecular formula is C30H42F2N4O2. The minimum atomic E-state index is -2.63. The van der Waals surface area contributed by atoms with E-state index in [1.165, 1.54) is 25.7 Å². The smallest absolute Gasteiger partial charge is 0.320 e. The lowest BCUT2D eigenvalue weighted by Gasteiger charge is -2.48. The Morgan fingerprint density at radius 1 is 1.03 bits per heavy atom. The van der Waals surface area contributed by atoms with E-state index in [0.717, 1.165) is 44.5 Å². The standard InChI is InChI=1S/C30H42F2N4O2/c1-34-20-29(36(28(34)38)19-21-7-8-21)17-24-9-10-25(18-29)35(24)16-13-26(22-5-3-2-4-6-22)33-27(37)23-11-14-30(31,32)15-12-23/h2-6,21,23-26H,7-20H2,1H3,(H,33,37)/t24?,25?,26-,29?/m0/s1. The molecule has 1 aromatic carbocycles. The topological polar surface area (TPSA) is 55.9 Å². The van der Waals surface area contributed by atoms with Crippen molar-refractivity contribution >= 4 is 11.9 Å². The van der Waals surface area contributed by atoms with Crippen molar-refractivity contribution in [2.75, 3.05) is 26.7 Å². The molecule has 3 amide bonds. The lowest BCUT2D eigenvalue weighted by molar-refractivity contribution is -0.130. The van der Waals surface area contributed by atoms with E-state index in [4.69, 9.17) is 0 Å². The monoisotopic (exact) mass is 528 g/mol. The zero-order chi connectivity index (χ0) is 26.5. The van der Waals surface area contributed by atoms with Crippen LogP contribution in [-0.2, 0) is 4.79 Å². The van der Waals surface area contributed by atoms with E-state index in [1.54, 1.807) is 0 Å². The summed E-state index contributed by atoms with van der Waals surface area (Å²) in [4.78, 5) is 33.0. The van der Waals surface area contributed by atoms with Gasteiger partial charge in [-0.3, -0.25) is 9.69 Å². The quantitative estimate of drug-likeness (QED) is 0.505. The molecule has 0 aromatic heterocycles. The predicted octanol–water partition coefficient (Wildman–Crippen LogP) is 5.20. The number of halogens is 2. The number of urea groups is 1. The summed E-state index contributed by atoms with van der Waals surface area (Å²) in [6.07, 6.45) is 7.80. The molecule has 2 saturated carbocycles. The highest BCUT2D eigenvalue weighted by atomic mass is 19.3. The van der Waals surface area contributed by atoms with E-state index in [2.05, 4.69) is 27.2 Å². The van der Waals surface area contributed by atoms with Crippen molar-refractivity contribution in [1.82, 2.24) is 20.0 Å². The van der Waals surface area contributed by atoms with Gasteiger partial charge >= 0.3 is 6.03 Å². The third-order valence-electron chi connectivity index (χ3n) is 10.1. The van der Waals surface area contributed by atoms with E-state index in [1.807, 2.05) is 30.1 Å². The summed E-state index contributed by atoms with van der Waals surface area (Å²) in [7, 11) is 1.95. The van der Waals surface area contributed by atoms with Gasteiger partial charge in [-0.1, -0.05) is 30.3 Å². The van der Waals surface area contributed by atoms with Crippen LogP contribution < -0.4 is 5.32 Å². The number of carbonyl (C=O) groups excluding carboxylic acids is 2. The number of rotatable bonds is 8. The molecule has 3 heterocycles. The third-order valence-corrected chi connectivity index (χ3v) is 10.1. The Morgan fingerprint density at radius 3 is 2.32 bits per heavy atom. The Hall–Kier alpha value is -2.22. The number of piperidine rings is 1. The van der Waals surface area contributed by atoms with Gasteiger partial charge in [-0.15, -0.1) is 0 Å². The zero-order valence-corrected chi connectivity index (χ0v) is 22.6. The van der Waals surface area contributed by atoms with Crippen LogP contribution in [-0.4, -0.2) is 76.9 Å². The minimum absolute atomic E-state index is 0.0349. The van der Waals surface area contributed by atoms with Crippen molar-refractivity contribution < 1.29 is 18.4 Å². The van der Waals surface area contributed by atoms with Gasteiger partial charge in [0.05, 0.1) is 11.6 Å². The van der Waals surface area contributed by atoms with Crippen LogP contribution in [0.5, 0.6) is 0 Å². The second-order valence-electron chi connectivity index (χ2n) is 12.8. The zero-order valence-electron chi connectivity index (χ0n) is 22.6. The van der Waals surface area contributed by atoms with Crippen molar-refractivity contribution in [2.24, 2.45) is 11.8 Å². The number of nitrogens with zero attached hydrogens (tertiary/aromatic N) is 3. The maximum Gasteiger partial charge on any atom is 0.320 e. The lowest BCUT2D eigenvalue weighted by atomic mass is 9.81. The van der Waals surface area contributed by atoms with Crippen LogP contribution in [0.2, 0.25) is 0 Å². The first kappa shape index (κ1) is 26.0. The van der Waals surface area contributed by atoms with Crippen molar-refractivity contribution in [3.8, 4) is 0 Å². The first-order valence-electron chi connectivity index (χ1n) is 14.7. The van der Waals surface area contributed by atoms with Crippen molar-refractivity contribution in [3.63, 3.8) is 0 Å². The Bertz CT molecular complexity index is 1010. The summed E-state index contributed by atoms with van der Waals surface area (Å²) in [5.41, 5.74) is 1.04. The molecular weight excluding hydrogens is 486 g/mol. The summed E-state index contributed by atoms with van der Waals surface area (Å²) in [5, 5.41) is 3.25. The molecule has 0 radical (unpaired) electrons. The molecule has 6 nitrogen and oxygen atoms in total. The number of nitrogens with one attached hydrogen (secondary N) is 1. The Labute approximate surface area is 225 Å². The summed E-state index contributed by atoms with van der Waals surface area (Å²) >= 11 is 0. The van der Waals surface area contributed by atoms with Gasteiger partial charge < -0.3 is 15.1 Å².